The smallest absolute Gasteiger partial charge is 0.230 e. The van der Waals surface area contributed by atoms with Gasteiger partial charge < -0.3 is 4.74 Å². The second-order valence-corrected chi connectivity index (χ2v) is 9.50. The van der Waals surface area contributed by atoms with Crippen molar-refractivity contribution in [2.24, 2.45) is 0 Å². The summed E-state index contributed by atoms with van der Waals surface area (Å²) < 4.78 is 11.0. The summed E-state index contributed by atoms with van der Waals surface area (Å²) in [6, 6.07) is 28.3. The molecular formula is C28H19BrN6O. The molecule has 8 heteroatoms. The minimum atomic E-state index is -0.171. The maximum absolute atomic E-state index is 6.48. The lowest BCUT2D eigenvalue weighted by molar-refractivity contribution is 0.402. The molecule has 0 spiro atoms. The molecule has 0 saturated heterocycles. The number of aryl methyl sites for hydroxylation is 1. The summed E-state index contributed by atoms with van der Waals surface area (Å²) in [4.78, 5) is 9.66. The van der Waals surface area contributed by atoms with Crippen LogP contribution in [0.2, 0.25) is 0 Å². The first-order valence-corrected chi connectivity index (χ1v) is 12.4. The average molecular weight is 535 g/mol. The minimum Gasteiger partial charge on any atom is -0.420 e. The summed E-state index contributed by atoms with van der Waals surface area (Å²) in [5, 5.41) is 9.63. The van der Waals surface area contributed by atoms with E-state index in [9.17, 15) is 0 Å². The van der Waals surface area contributed by atoms with Crippen LogP contribution in [0.25, 0.3) is 22.7 Å². The molecular weight excluding hydrogens is 516 g/mol. The zero-order chi connectivity index (χ0) is 24.2. The third kappa shape index (κ3) is 3.18. The van der Waals surface area contributed by atoms with E-state index >= 15 is 0 Å². The van der Waals surface area contributed by atoms with Crippen molar-refractivity contribution in [1.29, 1.82) is 0 Å². The molecule has 1 aliphatic heterocycles. The van der Waals surface area contributed by atoms with Crippen molar-refractivity contribution in [3.05, 3.63) is 118 Å². The van der Waals surface area contributed by atoms with Crippen molar-refractivity contribution >= 4 is 21.6 Å². The van der Waals surface area contributed by atoms with Crippen LogP contribution in [0.1, 0.15) is 28.3 Å². The molecule has 0 bridgehead atoms. The summed E-state index contributed by atoms with van der Waals surface area (Å²) in [5.74, 6) is 1.62. The molecule has 6 aromatic rings. The SMILES string of the molecule is Cc1nn(-c2ccccc2)c2c1[C@@H](c1ccccc1)c1c(ncn3nc(-c4ccccc4Br)nc13)O2. The number of nitrogens with zero attached hydrogens (tertiary/aromatic N) is 6. The van der Waals surface area contributed by atoms with Crippen LogP contribution in [0.3, 0.4) is 0 Å². The summed E-state index contributed by atoms with van der Waals surface area (Å²) >= 11 is 3.63. The maximum atomic E-state index is 6.48. The van der Waals surface area contributed by atoms with Crippen molar-refractivity contribution in [2.45, 2.75) is 12.8 Å². The third-order valence-corrected chi connectivity index (χ3v) is 7.16. The van der Waals surface area contributed by atoms with Gasteiger partial charge in [0.2, 0.25) is 11.8 Å². The van der Waals surface area contributed by atoms with Crippen LogP contribution in [0, 0.1) is 6.92 Å². The fourth-order valence-electron chi connectivity index (χ4n) is 4.86. The Morgan fingerprint density at radius 2 is 1.56 bits per heavy atom. The van der Waals surface area contributed by atoms with Gasteiger partial charge in [0.25, 0.3) is 0 Å². The van der Waals surface area contributed by atoms with Crippen molar-refractivity contribution in [2.75, 3.05) is 0 Å². The van der Waals surface area contributed by atoms with E-state index in [1.54, 1.807) is 10.8 Å². The van der Waals surface area contributed by atoms with Gasteiger partial charge in [-0.25, -0.2) is 19.2 Å². The highest BCUT2D eigenvalue weighted by atomic mass is 79.9. The minimum absolute atomic E-state index is 0.171. The molecule has 7 rings (SSSR count). The van der Waals surface area contributed by atoms with Gasteiger partial charge >= 0.3 is 0 Å². The van der Waals surface area contributed by atoms with Crippen LogP contribution in [-0.2, 0) is 0 Å². The summed E-state index contributed by atoms with van der Waals surface area (Å²) in [7, 11) is 0. The lowest BCUT2D eigenvalue weighted by atomic mass is 9.84. The fourth-order valence-corrected chi connectivity index (χ4v) is 5.32. The Bertz CT molecular complexity index is 1740. The van der Waals surface area contributed by atoms with Crippen molar-refractivity contribution < 1.29 is 4.74 Å². The number of hydrogen-bond acceptors (Lipinski definition) is 5. The predicted molar refractivity (Wildman–Crippen MR) is 140 cm³/mol. The predicted octanol–water partition coefficient (Wildman–Crippen LogP) is 6.33. The first-order chi connectivity index (χ1) is 17.7. The van der Waals surface area contributed by atoms with Crippen LogP contribution in [0.4, 0.5) is 0 Å². The quantitative estimate of drug-likeness (QED) is 0.264. The molecule has 7 nitrogen and oxygen atoms in total. The average Bonchev–Trinajstić information content (AvgIpc) is 3.50. The summed E-state index contributed by atoms with van der Waals surface area (Å²) in [5.41, 5.74) is 6.42. The molecule has 3 aromatic heterocycles. The second kappa shape index (κ2) is 8.13. The monoisotopic (exact) mass is 534 g/mol. The molecule has 1 aliphatic rings. The van der Waals surface area contributed by atoms with Gasteiger partial charge in [-0.15, -0.1) is 5.10 Å². The van der Waals surface area contributed by atoms with Crippen LogP contribution in [-0.4, -0.2) is 29.4 Å². The van der Waals surface area contributed by atoms with E-state index in [0.29, 0.717) is 23.2 Å². The molecule has 36 heavy (non-hydrogen) atoms. The summed E-state index contributed by atoms with van der Waals surface area (Å²) in [6.07, 6.45) is 1.66. The Hall–Kier alpha value is -4.30. The maximum Gasteiger partial charge on any atom is 0.230 e. The molecule has 1 atom stereocenters. The van der Waals surface area contributed by atoms with Crippen LogP contribution in [0.5, 0.6) is 11.8 Å². The Morgan fingerprint density at radius 3 is 2.33 bits per heavy atom. The molecule has 3 aromatic carbocycles. The normalized spacial score (nSPS) is 14.3. The van der Waals surface area contributed by atoms with E-state index in [2.05, 4.69) is 33.0 Å². The number of para-hydroxylation sites is 1. The standard InChI is InChI=1S/C28H19BrN6O/c1-17-22-23(18-10-4-2-5-11-18)24-26-31-25(20-14-8-9-15-21(20)29)33-34(26)16-30-27(24)36-28(22)35(32-17)19-12-6-3-7-13-19/h2-16,23H,1H3/t23-/m1/s1. The van der Waals surface area contributed by atoms with Gasteiger partial charge in [-0.1, -0.05) is 76.6 Å². The number of benzene rings is 3. The van der Waals surface area contributed by atoms with Crippen LogP contribution < -0.4 is 4.74 Å². The highest BCUT2D eigenvalue weighted by Gasteiger charge is 2.38. The Balaban J connectivity index is 1.50. The Kier molecular flexibility index (Phi) is 4.75. The molecule has 174 valence electrons. The number of aromatic nitrogens is 6. The molecule has 0 fully saturated rings. The second-order valence-electron chi connectivity index (χ2n) is 8.64. The highest BCUT2D eigenvalue weighted by Crippen LogP contribution is 2.49. The van der Waals surface area contributed by atoms with Crippen molar-refractivity contribution in [1.82, 2.24) is 29.4 Å². The van der Waals surface area contributed by atoms with Crippen molar-refractivity contribution in [3.63, 3.8) is 0 Å². The molecule has 4 heterocycles. The van der Waals surface area contributed by atoms with Gasteiger partial charge in [0.05, 0.1) is 28.4 Å². The molecule has 0 radical (unpaired) electrons. The number of rotatable bonds is 3. The zero-order valence-corrected chi connectivity index (χ0v) is 20.8. The lowest BCUT2D eigenvalue weighted by Gasteiger charge is -2.26. The molecule has 0 amide bonds. The zero-order valence-electron chi connectivity index (χ0n) is 19.2. The van der Waals surface area contributed by atoms with E-state index in [4.69, 9.17) is 19.9 Å². The van der Waals surface area contributed by atoms with E-state index in [0.717, 1.165) is 38.1 Å². The van der Waals surface area contributed by atoms with E-state index in [1.165, 1.54) is 0 Å². The van der Waals surface area contributed by atoms with Gasteiger partial charge in [-0.2, -0.15) is 5.10 Å². The number of ether oxygens (including phenoxy) is 1. The molecule has 0 aliphatic carbocycles. The van der Waals surface area contributed by atoms with Gasteiger partial charge in [0, 0.05) is 10.0 Å². The van der Waals surface area contributed by atoms with E-state index < -0.39 is 0 Å². The van der Waals surface area contributed by atoms with Gasteiger partial charge in [-0.3, -0.25) is 0 Å². The van der Waals surface area contributed by atoms with Crippen molar-refractivity contribution in [3.8, 4) is 28.8 Å². The largest absolute Gasteiger partial charge is 0.420 e. The number of hydrogen-bond donors (Lipinski definition) is 0. The Morgan fingerprint density at radius 1 is 0.833 bits per heavy atom. The van der Waals surface area contributed by atoms with Gasteiger partial charge in [0.15, 0.2) is 11.5 Å². The molecule has 0 saturated carbocycles. The topological polar surface area (TPSA) is 70.1 Å². The third-order valence-electron chi connectivity index (χ3n) is 6.47. The molecule has 0 unspecified atom stereocenters. The number of fused-ring (bicyclic) bond motifs is 4. The van der Waals surface area contributed by atoms with E-state index in [-0.39, 0.29) is 5.92 Å². The highest BCUT2D eigenvalue weighted by molar-refractivity contribution is 9.10. The fraction of sp³-hybridized carbons (Fsp3) is 0.0714. The lowest BCUT2D eigenvalue weighted by Crippen LogP contribution is -2.16. The van der Waals surface area contributed by atoms with Crippen LogP contribution >= 0.6 is 15.9 Å². The van der Waals surface area contributed by atoms with Gasteiger partial charge in [0.1, 0.15) is 6.33 Å². The molecule has 0 N–H and O–H groups in total. The summed E-state index contributed by atoms with van der Waals surface area (Å²) in [6.45, 7) is 2.02. The van der Waals surface area contributed by atoms with Crippen LogP contribution in [0.15, 0.2) is 95.7 Å². The Labute approximate surface area is 215 Å². The first-order valence-electron chi connectivity index (χ1n) is 11.6. The van der Waals surface area contributed by atoms with Gasteiger partial charge in [-0.05, 0) is 36.8 Å². The first kappa shape index (κ1) is 21.0. The number of halogens is 1. The van der Waals surface area contributed by atoms with E-state index in [1.807, 2.05) is 84.4 Å².